The van der Waals surface area contributed by atoms with Gasteiger partial charge in [-0.1, -0.05) is 6.07 Å². The molecule has 6 nitrogen and oxygen atoms in total. The Hall–Kier alpha value is -3.02. The minimum absolute atomic E-state index is 0.0361. The third-order valence-electron chi connectivity index (χ3n) is 4.05. The Labute approximate surface area is 133 Å². The molecule has 3 rings (SSSR count). The van der Waals surface area contributed by atoms with Crippen LogP contribution in [0.15, 0.2) is 55.0 Å². The molecule has 0 aliphatic carbocycles. The molecular formula is C17H16N4O2. The van der Waals surface area contributed by atoms with E-state index < -0.39 is 0 Å². The highest BCUT2D eigenvalue weighted by Crippen LogP contribution is 2.35. The molecule has 0 saturated carbocycles. The molecule has 0 bridgehead atoms. The minimum atomic E-state index is -0.379. The van der Waals surface area contributed by atoms with Gasteiger partial charge in [0, 0.05) is 42.8 Å². The van der Waals surface area contributed by atoms with Crippen LogP contribution in [0.1, 0.15) is 18.7 Å². The summed E-state index contributed by atoms with van der Waals surface area (Å²) in [6.07, 6.45) is 4.95. The molecule has 0 radical (unpaired) electrons. The van der Waals surface area contributed by atoms with Crippen LogP contribution < -0.4 is 4.90 Å². The highest BCUT2D eigenvalue weighted by atomic mass is 16.6. The van der Waals surface area contributed by atoms with Gasteiger partial charge in [0.25, 0.3) is 5.69 Å². The van der Waals surface area contributed by atoms with Crippen molar-refractivity contribution >= 4 is 22.1 Å². The van der Waals surface area contributed by atoms with E-state index in [1.54, 1.807) is 24.5 Å². The third kappa shape index (κ3) is 2.70. The number of anilines is 1. The number of non-ortho nitro benzene ring substituents is 1. The van der Waals surface area contributed by atoms with Crippen molar-refractivity contribution in [2.45, 2.75) is 13.0 Å². The molecule has 0 spiro atoms. The summed E-state index contributed by atoms with van der Waals surface area (Å²) in [6.45, 7) is 2.05. The van der Waals surface area contributed by atoms with Crippen molar-refractivity contribution in [2.24, 2.45) is 0 Å². The number of nitro groups is 1. The lowest BCUT2D eigenvalue weighted by Crippen LogP contribution is -2.22. The summed E-state index contributed by atoms with van der Waals surface area (Å²) in [6, 6.07) is 10.9. The lowest BCUT2D eigenvalue weighted by Gasteiger charge is -2.27. The maximum atomic E-state index is 11.2. The molecule has 1 unspecified atom stereocenters. The van der Waals surface area contributed by atoms with Gasteiger partial charge in [-0.15, -0.1) is 0 Å². The zero-order valence-electron chi connectivity index (χ0n) is 12.9. The predicted molar refractivity (Wildman–Crippen MR) is 89.5 cm³/mol. The van der Waals surface area contributed by atoms with Crippen LogP contribution in [0.4, 0.5) is 11.4 Å². The van der Waals surface area contributed by atoms with Gasteiger partial charge in [0.15, 0.2) is 0 Å². The second-order valence-corrected chi connectivity index (χ2v) is 5.32. The van der Waals surface area contributed by atoms with Gasteiger partial charge in [-0.3, -0.25) is 20.1 Å². The number of aromatic nitrogens is 2. The maximum Gasteiger partial charge on any atom is 0.278 e. The number of hydrogen-bond donors (Lipinski definition) is 0. The van der Waals surface area contributed by atoms with Crippen LogP contribution in [-0.4, -0.2) is 21.9 Å². The topological polar surface area (TPSA) is 72.2 Å². The lowest BCUT2D eigenvalue weighted by molar-refractivity contribution is -0.383. The standard InChI is InChI=1S/C17H16N4O2/c1-12(15-5-3-4-9-19-15)20(2)16-6-7-17(21(22)23)14-11-18-10-8-13(14)16/h3-12H,1-2H3. The Kier molecular flexibility index (Phi) is 3.89. The Bertz CT molecular complexity index is 852. The van der Waals surface area contributed by atoms with Crippen LogP contribution in [0.5, 0.6) is 0 Å². The van der Waals surface area contributed by atoms with E-state index in [0.717, 1.165) is 16.8 Å². The van der Waals surface area contributed by atoms with E-state index in [1.807, 2.05) is 25.2 Å². The van der Waals surface area contributed by atoms with Crippen LogP contribution in [0.3, 0.4) is 0 Å². The van der Waals surface area contributed by atoms with E-state index in [0.29, 0.717) is 5.39 Å². The zero-order chi connectivity index (χ0) is 16.4. The number of rotatable bonds is 4. The van der Waals surface area contributed by atoms with Crippen LogP contribution >= 0.6 is 0 Å². The highest BCUT2D eigenvalue weighted by Gasteiger charge is 2.19. The Morgan fingerprint density at radius 3 is 2.65 bits per heavy atom. The summed E-state index contributed by atoms with van der Waals surface area (Å²) >= 11 is 0. The summed E-state index contributed by atoms with van der Waals surface area (Å²) in [7, 11) is 1.96. The van der Waals surface area contributed by atoms with Crippen molar-refractivity contribution in [1.29, 1.82) is 0 Å². The number of benzene rings is 1. The lowest BCUT2D eigenvalue weighted by atomic mass is 10.1. The summed E-state index contributed by atoms with van der Waals surface area (Å²) in [4.78, 5) is 21.3. The molecule has 0 N–H and O–H groups in total. The Morgan fingerprint density at radius 2 is 1.96 bits per heavy atom. The van der Waals surface area contributed by atoms with Gasteiger partial charge in [-0.25, -0.2) is 0 Å². The van der Waals surface area contributed by atoms with E-state index in [2.05, 4.69) is 21.8 Å². The highest BCUT2D eigenvalue weighted by molar-refractivity contribution is 5.99. The van der Waals surface area contributed by atoms with E-state index in [1.165, 1.54) is 12.3 Å². The van der Waals surface area contributed by atoms with E-state index in [9.17, 15) is 10.1 Å². The maximum absolute atomic E-state index is 11.2. The smallest absolute Gasteiger partial charge is 0.278 e. The summed E-state index contributed by atoms with van der Waals surface area (Å²) < 4.78 is 0. The molecule has 0 fully saturated rings. The van der Waals surface area contributed by atoms with Gasteiger partial charge in [0.05, 0.1) is 22.0 Å². The largest absolute Gasteiger partial charge is 0.366 e. The number of hydrogen-bond acceptors (Lipinski definition) is 5. The number of fused-ring (bicyclic) bond motifs is 1. The first-order valence-corrected chi connectivity index (χ1v) is 7.24. The molecule has 1 aromatic carbocycles. The first kappa shape index (κ1) is 14.9. The fourth-order valence-corrected chi connectivity index (χ4v) is 2.66. The van der Waals surface area contributed by atoms with Crippen molar-refractivity contribution < 1.29 is 4.92 Å². The third-order valence-corrected chi connectivity index (χ3v) is 4.05. The van der Waals surface area contributed by atoms with Gasteiger partial charge < -0.3 is 4.90 Å². The molecule has 6 heteroatoms. The van der Waals surface area contributed by atoms with Crippen LogP contribution in [-0.2, 0) is 0 Å². The molecule has 23 heavy (non-hydrogen) atoms. The molecule has 3 aromatic rings. The molecule has 2 heterocycles. The van der Waals surface area contributed by atoms with Crippen molar-refractivity contribution in [3.8, 4) is 0 Å². The van der Waals surface area contributed by atoms with Gasteiger partial charge in [0.1, 0.15) is 0 Å². The average Bonchev–Trinajstić information content (AvgIpc) is 2.60. The number of nitro benzene ring substituents is 1. The first-order valence-electron chi connectivity index (χ1n) is 7.24. The fourth-order valence-electron chi connectivity index (χ4n) is 2.66. The summed E-state index contributed by atoms with van der Waals surface area (Å²) in [5, 5.41) is 12.5. The van der Waals surface area contributed by atoms with Gasteiger partial charge >= 0.3 is 0 Å². The monoisotopic (exact) mass is 308 g/mol. The molecule has 0 amide bonds. The second-order valence-electron chi connectivity index (χ2n) is 5.32. The zero-order valence-corrected chi connectivity index (χ0v) is 12.9. The van der Waals surface area contributed by atoms with Crippen molar-refractivity contribution in [1.82, 2.24) is 9.97 Å². The van der Waals surface area contributed by atoms with E-state index in [-0.39, 0.29) is 16.7 Å². The number of pyridine rings is 2. The molecule has 0 aliphatic heterocycles. The van der Waals surface area contributed by atoms with Crippen molar-refractivity contribution in [3.63, 3.8) is 0 Å². The van der Waals surface area contributed by atoms with E-state index in [4.69, 9.17) is 0 Å². The summed E-state index contributed by atoms with van der Waals surface area (Å²) in [5.74, 6) is 0. The Balaban J connectivity index is 2.10. The minimum Gasteiger partial charge on any atom is -0.366 e. The molecule has 2 aromatic heterocycles. The van der Waals surface area contributed by atoms with E-state index >= 15 is 0 Å². The first-order chi connectivity index (χ1) is 11.1. The van der Waals surface area contributed by atoms with Crippen LogP contribution in [0.2, 0.25) is 0 Å². The molecule has 1 atom stereocenters. The van der Waals surface area contributed by atoms with Crippen LogP contribution in [0, 0.1) is 10.1 Å². The Morgan fingerprint density at radius 1 is 1.13 bits per heavy atom. The van der Waals surface area contributed by atoms with Crippen molar-refractivity contribution in [2.75, 3.05) is 11.9 Å². The fraction of sp³-hybridized carbons (Fsp3) is 0.176. The molecular weight excluding hydrogens is 292 g/mol. The molecule has 0 saturated heterocycles. The summed E-state index contributed by atoms with van der Waals surface area (Å²) in [5.41, 5.74) is 1.91. The molecule has 116 valence electrons. The number of nitrogens with zero attached hydrogens (tertiary/aromatic N) is 4. The van der Waals surface area contributed by atoms with Gasteiger partial charge in [0.2, 0.25) is 0 Å². The average molecular weight is 308 g/mol. The quantitative estimate of drug-likeness (QED) is 0.542. The van der Waals surface area contributed by atoms with Crippen LogP contribution in [0.25, 0.3) is 10.8 Å². The SMILES string of the molecule is CC(c1ccccn1)N(C)c1ccc([N+](=O)[O-])c2cnccc12. The van der Waals surface area contributed by atoms with Gasteiger partial charge in [-0.2, -0.15) is 0 Å². The molecule has 0 aliphatic rings. The van der Waals surface area contributed by atoms with Gasteiger partial charge in [-0.05, 0) is 31.2 Å². The second kappa shape index (κ2) is 6.00. The predicted octanol–water partition coefficient (Wildman–Crippen LogP) is 3.74. The normalized spacial score (nSPS) is 12.1. The van der Waals surface area contributed by atoms with Crippen molar-refractivity contribution in [3.05, 3.63) is 70.8 Å².